The molecule has 1 N–H and O–H groups in total. The number of carbonyl (C=O) groups excluding carboxylic acids is 1. The van der Waals surface area contributed by atoms with E-state index in [0.29, 0.717) is 6.54 Å². The van der Waals surface area contributed by atoms with E-state index < -0.39 is 0 Å². The highest BCUT2D eigenvalue weighted by molar-refractivity contribution is 5.77. The molecule has 0 aliphatic rings. The Morgan fingerprint density at radius 3 is 2.68 bits per heavy atom. The Labute approximate surface area is 115 Å². The van der Waals surface area contributed by atoms with Crippen molar-refractivity contribution >= 4 is 5.91 Å². The number of unbranched alkanes of at least 4 members (excludes halogenated alkanes) is 2. The summed E-state index contributed by atoms with van der Waals surface area (Å²) in [6.07, 6.45) is 2.64. The Balaban J connectivity index is 2.28. The highest BCUT2D eigenvalue weighted by Gasteiger charge is 2.09. The number of amides is 1. The molecule has 0 fully saturated rings. The summed E-state index contributed by atoms with van der Waals surface area (Å²) in [5.74, 6) is 0.733. The van der Waals surface area contributed by atoms with Gasteiger partial charge < -0.3 is 14.7 Å². The molecule has 4 nitrogen and oxygen atoms in total. The van der Waals surface area contributed by atoms with Gasteiger partial charge in [-0.3, -0.25) is 4.79 Å². The molecule has 0 saturated carbocycles. The highest BCUT2D eigenvalue weighted by Crippen LogP contribution is 2.15. The van der Waals surface area contributed by atoms with Crippen molar-refractivity contribution in [2.75, 3.05) is 26.8 Å². The lowest BCUT2D eigenvalue weighted by molar-refractivity contribution is -0.132. The molecule has 1 rings (SSSR count). The maximum absolute atomic E-state index is 11.8. The monoisotopic (exact) mass is 265 g/mol. The molecule has 0 saturated heterocycles. The largest absolute Gasteiger partial charge is 0.484 e. The summed E-state index contributed by atoms with van der Waals surface area (Å²) in [5, 5.41) is 8.68. The van der Waals surface area contributed by atoms with Gasteiger partial charge in [0.25, 0.3) is 5.91 Å². The zero-order valence-electron chi connectivity index (χ0n) is 11.8. The number of likely N-dealkylation sites (N-methyl/N-ethyl adjacent to an activating group) is 1. The molecule has 0 aliphatic carbocycles. The summed E-state index contributed by atoms with van der Waals surface area (Å²) in [6, 6.07) is 7.66. The second kappa shape index (κ2) is 8.53. The maximum Gasteiger partial charge on any atom is 0.260 e. The van der Waals surface area contributed by atoms with E-state index >= 15 is 0 Å². The quantitative estimate of drug-likeness (QED) is 0.731. The van der Waals surface area contributed by atoms with Crippen molar-refractivity contribution in [1.82, 2.24) is 4.90 Å². The van der Waals surface area contributed by atoms with Gasteiger partial charge in [-0.15, -0.1) is 0 Å². The Morgan fingerprint density at radius 2 is 2.00 bits per heavy atom. The van der Waals surface area contributed by atoms with E-state index in [2.05, 4.69) is 0 Å². The van der Waals surface area contributed by atoms with Crippen molar-refractivity contribution in [3.8, 4) is 5.75 Å². The number of ether oxygens (including phenoxy) is 1. The van der Waals surface area contributed by atoms with Gasteiger partial charge in [0, 0.05) is 20.2 Å². The number of aryl methyl sites for hydroxylation is 1. The Bertz CT molecular complexity index is 393. The molecule has 0 heterocycles. The van der Waals surface area contributed by atoms with Gasteiger partial charge in [0.1, 0.15) is 5.75 Å². The topological polar surface area (TPSA) is 49.8 Å². The Hall–Kier alpha value is -1.55. The third kappa shape index (κ3) is 5.75. The van der Waals surface area contributed by atoms with Crippen LogP contribution < -0.4 is 4.74 Å². The standard InChI is InChI=1S/C15H23NO3/c1-13-8-4-5-9-14(13)19-12-15(18)16(2)10-6-3-7-11-17/h4-5,8-9,17H,3,6-7,10-12H2,1-2H3. The van der Waals surface area contributed by atoms with Gasteiger partial charge in [-0.1, -0.05) is 18.2 Å². The lowest BCUT2D eigenvalue weighted by Gasteiger charge is -2.17. The van der Waals surface area contributed by atoms with Crippen LogP contribution in [0.5, 0.6) is 5.75 Å². The van der Waals surface area contributed by atoms with Crippen LogP contribution in [0.3, 0.4) is 0 Å². The summed E-state index contributed by atoms with van der Waals surface area (Å²) in [6.45, 7) is 2.95. The SMILES string of the molecule is Cc1ccccc1OCC(=O)N(C)CCCCCO. The molecule has 0 unspecified atom stereocenters. The van der Waals surface area contributed by atoms with Crippen LogP contribution in [0.2, 0.25) is 0 Å². The van der Waals surface area contributed by atoms with E-state index in [-0.39, 0.29) is 19.1 Å². The fraction of sp³-hybridized carbons (Fsp3) is 0.533. The van der Waals surface area contributed by atoms with Crippen LogP contribution >= 0.6 is 0 Å². The van der Waals surface area contributed by atoms with Gasteiger partial charge >= 0.3 is 0 Å². The molecule has 106 valence electrons. The minimum atomic E-state index is -0.0211. The number of hydrogen-bond acceptors (Lipinski definition) is 3. The maximum atomic E-state index is 11.8. The van der Waals surface area contributed by atoms with Crippen molar-refractivity contribution in [1.29, 1.82) is 0 Å². The Kier molecular flexibility index (Phi) is 6.97. The molecular formula is C15H23NO3. The van der Waals surface area contributed by atoms with Crippen LogP contribution in [0.1, 0.15) is 24.8 Å². The number of carbonyl (C=O) groups is 1. The van der Waals surface area contributed by atoms with Gasteiger partial charge in [-0.05, 0) is 37.8 Å². The normalized spacial score (nSPS) is 10.3. The predicted molar refractivity (Wildman–Crippen MR) is 75.2 cm³/mol. The van der Waals surface area contributed by atoms with Gasteiger partial charge in [-0.2, -0.15) is 0 Å². The second-order valence-corrected chi connectivity index (χ2v) is 4.65. The fourth-order valence-corrected chi connectivity index (χ4v) is 1.73. The smallest absolute Gasteiger partial charge is 0.260 e. The number of aliphatic hydroxyl groups excluding tert-OH is 1. The number of hydrogen-bond donors (Lipinski definition) is 1. The second-order valence-electron chi connectivity index (χ2n) is 4.65. The molecule has 4 heteroatoms. The van der Waals surface area contributed by atoms with E-state index in [9.17, 15) is 4.79 Å². The third-order valence-electron chi connectivity index (χ3n) is 3.02. The lowest BCUT2D eigenvalue weighted by atomic mass is 10.2. The average Bonchev–Trinajstić information content (AvgIpc) is 2.42. The fourth-order valence-electron chi connectivity index (χ4n) is 1.73. The lowest BCUT2D eigenvalue weighted by Crippen LogP contribution is -2.32. The number of aliphatic hydroxyl groups is 1. The van der Waals surface area contributed by atoms with Crippen molar-refractivity contribution in [2.24, 2.45) is 0 Å². The molecule has 0 atom stereocenters. The van der Waals surface area contributed by atoms with Gasteiger partial charge in [0.15, 0.2) is 6.61 Å². The van der Waals surface area contributed by atoms with Crippen LogP contribution in [0.15, 0.2) is 24.3 Å². The van der Waals surface area contributed by atoms with Gasteiger partial charge in [0.05, 0.1) is 0 Å². The number of para-hydroxylation sites is 1. The van der Waals surface area contributed by atoms with E-state index in [0.717, 1.165) is 30.6 Å². The summed E-state index contributed by atoms with van der Waals surface area (Å²) >= 11 is 0. The summed E-state index contributed by atoms with van der Waals surface area (Å²) in [5.41, 5.74) is 1.03. The number of rotatable bonds is 8. The van der Waals surface area contributed by atoms with Crippen LogP contribution in [0.25, 0.3) is 0 Å². The first kappa shape index (κ1) is 15.5. The zero-order valence-corrected chi connectivity index (χ0v) is 11.8. The zero-order chi connectivity index (χ0) is 14.1. The van der Waals surface area contributed by atoms with E-state index in [1.165, 1.54) is 0 Å². The minimum Gasteiger partial charge on any atom is -0.484 e. The summed E-state index contributed by atoms with van der Waals surface area (Å²) in [7, 11) is 1.78. The highest BCUT2D eigenvalue weighted by atomic mass is 16.5. The van der Waals surface area contributed by atoms with E-state index in [1.807, 2.05) is 31.2 Å². The molecule has 19 heavy (non-hydrogen) atoms. The first-order valence-corrected chi connectivity index (χ1v) is 6.68. The third-order valence-corrected chi connectivity index (χ3v) is 3.02. The van der Waals surface area contributed by atoms with Crippen molar-refractivity contribution in [3.63, 3.8) is 0 Å². The van der Waals surface area contributed by atoms with Crippen molar-refractivity contribution in [2.45, 2.75) is 26.2 Å². The van der Waals surface area contributed by atoms with Crippen LogP contribution in [-0.4, -0.2) is 42.7 Å². The first-order valence-electron chi connectivity index (χ1n) is 6.68. The first-order chi connectivity index (χ1) is 9.15. The number of benzene rings is 1. The summed E-state index contributed by atoms with van der Waals surface area (Å²) < 4.78 is 5.52. The van der Waals surface area contributed by atoms with Crippen LogP contribution in [0.4, 0.5) is 0 Å². The van der Waals surface area contributed by atoms with E-state index in [1.54, 1.807) is 11.9 Å². The molecule has 1 aromatic rings. The molecule has 1 aromatic carbocycles. The van der Waals surface area contributed by atoms with Crippen LogP contribution in [-0.2, 0) is 4.79 Å². The molecule has 1 amide bonds. The molecule has 0 aliphatic heterocycles. The van der Waals surface area contributed by atoms with Gasteiger partial charge in [-0.25, -0.2) is 0 Å². The van der Waals surface area contributed by atoms with Crippen molar-refractivity contribution in [3.05, 3.63) is 29.8 Å². The molecule has 0 bridgehead atoms. The van der Waals surface area contributed by atoms with E-state index in [4.69, 9.17) is 9.84 Å². The minimum absolute atomic E-state index is 0.0211. The summed E-state index contributed by atoms with van der Waals surface area (Å²) in [4.78, 5) is 13.5. The van der Waals surface area contributed by atoms with Crippen LogP contribution in [0, 0.1) is 6.92 Å². The number of nitrogens with zero attached hydrogens (tertiary/aromatic N) is 1. The van der Waals surface area contributed by atoms with Crippen molar-refractivity contribution < 1.29 is 14.6 Å². The Morgan fingerprint density at radius 1 is 1.26 bits per heavy atom. The molecular weight excluding hydrogens is 242 g/mol. The molecule has 0 radical (unpaired) electrons. The molecule has 0 aromatic heterocycles. The predicted octanol–water partition coefficient (Wildman–Crippen LogP) is 1.99. The van der Waals surface area contributed by atoms with Gasteiger partial charge in [0.2, 0.25) is 0 Å². The average molecular weight is 265 g/mol. The molecule has 0 spiro atoms.